The maximum atomic E-state index is 12.3. The molecule has 0 heterocycles. The van der Waals surface area contributed by atoms with E-state index in [0.29, 0.717) is 0 Å². The molecule has 1 unspecified atom stereocenters. The van der Waals surface area contributed by atoms with Crippen LogP contribution in [0.1, 0.15) is 32.3 Å². The van der Waals surface area contributed by atoms with Crippen LogP contribution in [0.4, 0.5) is 0 Å². The molecule has 0 aromatic heterocycles. The molecular weight excluding hydrogens is 324 g/mol. The number of amides is 1. The SMILES string of the molecule is CCN(CC(=O)O)C1CC(NC(=O)C(C)SCc2ccccc2)C1. The first-order valence-electron chi connectivity index (χ1n) is 8.41. The highest BCUT2D eigenvalue weighted by molar-refractivity contribution is 7.99. The molecular formula is C18H26N2O3S. The van der Waals surface area contributed by atoms with Crippen LogP contribution >= 0.6 is 11.8 Å². The van der Waals surface area contributed by atoms with Gasteiger partial charge in [0.05, 0.1) is 11.8 Å². The summed E-state index contributed by atoms with van der Waals surface area (Å²) in [6, 6.07) is 10.6. The second kappa shape index (κ2) is 9.08. The van der Waals surface area contributed by atoms with E-state index in [9.17, 15) is 9.59 Å². The first-order valence-corrected chi connectivity index (χ1v) is 9.46. The Bertz CT molecular complexity index is 546. The van der Waals surface area contributed by atoms with Crippen LogP contribution in [0.25, 0.3) is 0 Å². The molecule has 0 bridgehead atoms. The molecule has 132 valence electrons. The Labute approximate surface area is 147 Å². The number of nitrogens with zero attached hydrogens (tertiary/aromatic N) is 1. The molecule has 1 saturated carbocycles. The molecule has 1 fully saturated rings. The number of carbonyl (C=O) groups is 2. The molecule has 1 aliphatic rings. The van der Waals surface area contributed by atoms with E-state index in [1.54, 1.807) is 11.8 Å². The van der Waals surface area contributed by atoms with Gasteiger partial charge in [0.2, 0.25) is 5.91 Å². The van der Waals surface area contributed by atoms with Gasteiger partial charge in [-0.15, -0.1) is 11.8 Å². The molecule has 0 radical (unpaired) electrons. The second-order valence-corrected chi connectivity index (χ2v) is 7.56. The van der Waals surface area contributed by atoms with Crippen molar-refractivity contribution in [3.05, 3.63) is 35.9 Å². The molecule has 0 aliphatic heterocycles. The summed E-state index contributed by atoms with van der Waals surface area (Å²) in [4.78, 5) is 25.0. The molecule has 1 amide bonds. The summed E-state index contributed by atoms with van der Waals surface area (Å²) >= 11 is 1.63. The molecule has 0 saturated heterocycles. The van der Waals surface area contributed by atoms with Crippen LogP contribution in [0.5, 0.6) is 0 Å². The number of aliphatic carboxylic acids is 1. The molecule has 6 heteroatoms. The fraction of sp³-hybridized carbons (Fsp3) is 0.556. The Kier molecular flexibility index (Phi) is 7.12. The van der Waals surface area contributed by atoms with E-state index in [4.69, 9.17) is 5.11 Å². The number of hydrogen-bond donors (Lipinski definition) is 2. The van der Waals surface area contributed by atoms with E-state index in [1.165, 1.54) is 5.56 Å². The third-order valence-corrected chi connectivity index (χ3v) is 5.65. The predicted molar refractivity (Wildman–Crippen MR) is 97.0 cm³/mol. The first kappa shape index (κ1) is 18.8. The molecule has 5 nitrogen and oxygen atoms in total. The van der Waals surface area contributed by atoms with Crippen molar-refractivity contribution in [1.29, 1.82) is 0 Å². The highest BCUT2D eigenvalue weighted by Crippen LogP contribution is 2.26. The number of carboxylic acid groups (broad SMARTS) is 1. The van der Waals surface area contributed by atoms with Gasteiger partial charge in [0.1, 0.15) is 0 Å². The number of hydrogen-bond acceptors (Lipinski definition) is 4. The summed E-state index contributed by atoms with van der Waals surface area (Å²) in [5.41, 5.74) is 1.22. The van der Waals surface area contributed by atoms with Crippen molar-refractivity contribution in [1.82, 2.24) is 10.2 Å². The van der Waals surface area contributed by atoms with Gasteiger partial charge in [0, 0.05) is 17.8 Å². The maximum absolute atomic E-state index is 12.3. The van der Waals surface area contributed by atoms with Gasteiger partial charge in [-0.1, -0.05) is 37.3 Å². The monoisotopic (exact) mass is 350 g/mol. The van der Waals surface area contributed by atoms with E-state index < -0.39 is 5.97 Å². The lowest BCUT2D eigenvalue weighted by Gasteiger charge is -2.42. The quantitative estimate of drug-likeness (QED) is 0.715. The molecule has 24 heavy (non-hydrogen) atoms. The van der Waals surface area contributed by atoms with Crippen LogP contribution in [0.2, 0.25) is 0 Å². The number of carbonyl (C=O) groups excluding carboxylic acids is 1. The Hall–Kier alpha value is -1.53. The third-order valence-electron chi connectivity index (χ3n) is 4.43. The Morgan fingerprint density at radius 1 is 1.33 bits per heavy atom. The van der Waals surface area contributed by atoms with Gasteiger partial charge in [-0.25, -0.2) is 0 Å². The van der Waals surface area contributed by atoms with Gasteiger partial charge in [-0.2, -0.15) is 0 Å². The molecule has 1 aromatic rings. The van der Waals surface area contributed by atoms with Crippen molar-refractivity contribution in [2.24, 2.45) is 0 Å². The van der Waals surface area contributed by atoms with Crippen LogP contribution in [-0.4, -0.2) is 52.3 Å². The average Bonchev–Trinajstić information content (AvgIpc) is 2.54. The maximum Gasteiger partial charge on any atom is 0.317 e. The van der Waals surface area contributed by atoms with E-state index in [-0.39, 0.29) is 29.8 Å². The highest BCUT2D eigenvalue weighted by Gasteiger charge is 2.35. The van der Waals surface area contributed by atoms with Gasteiger partial charge >= 0.3 is 5.97 Å². The average molecular weight is 350 g/mol. The van der Waals surface area contributed by atoms with Crippen LogP contribution in [-0.2, 0) is 15.3 Å². The smallest absolute Gasteiger partial charge is 0.317 e. The Morgan fingerprint density at radius 3 is 2.58 bits per heavy atom. The standard InChI is InChI=1S/C18H26N2O3S/c1-3-20(11-17(21)22)16-9-15(10-16)19-18(23)13(2)24-12-14-7-5-4-6-8-14/h4-8,13,15-16H,3,9-12H2,1-2H3,(H,19,23)(H,21,22). The van der Waals surface area contributed by atoms with E-state index in [2.05, 4.69) is 17.4 Å². The van der Waals surface area contributed by atoms with Crippen molar-refractivity contribution in [2.45, 2.75) is 49.8 Å². The largest absolute Gasteiger partial charge is 0.480 e. The number of likely N-dealkylation sites (N-methyl/N-ethyl adjacent to an activating group) is 1. The number of rotatable bonds is 9. The van der Waals surface area contributed by atoms with E-state index >= 15 is 0 Å². The summed E-state index contributed by atoms with van der Waals surface area (Å²) in [6.07, 6.45) is 1.67. The summed E-state index contributed by atoms with van der Waals surface area (Å²) in [5, 5.41) is 11.9. The van der Waals surface area contributed by atoms with Crippen LogP contribution in [0.3, 0.4) is 0 Å². The molecule has 2 N–H and O–H groups in total. The van der Waals surface area contributed by atoms with Gasteiger partial charge in [0.15, 0.2) is 0 Å². The fourth-order valence-corrected chi connectivity index (χ4v) is 3.72. The third kappa shape index (κ3) is 5.53. The lowest BCUT2D eigenvalue weighted by molar-refractivity contribution is -0.139. The number of thioether (sulfide) groups is 1. The highest BCUT2D eigenvalue weighted by atomic mass is 32.2. The lowest BCUT2D eigenvalue weighted by Crippen LogP contribution is -2.55. The summed E-state index contributed by atoms with van der Waals surface area (Å²) in [6.45, 7) is 4.70. The zero-order chi connectivity index (χ0) is 17.5. The molecule has 1 aromatic carbocycles. The van der Waals surface area contributed by atoms with Crippen LogP contribution in [0.15, 0.2) is 30.3 Å². The zero-order valence-corrected chi connectivity index (χ0v) is 15.1. The van der Waals surface area contributed by atoms with Gasteiger partial charge in [-0.3, -0.25) is 14.5 Å². The number of nitrogens with one attached hydrogen (secondary N) is 1. The van der Waals surface area contributed by atoms with Crippen molar-refractivity contribution >= 4 is 23.6 Å². The molecule has 0 spiro atoms. The van der Waals surface area contributed by atoms with Gasteiger partial charge in [0.25, 0.3) is 0 Å². The van der Waals surface area contributed by atoms with E-state index in [0.717, 1.165) is 25.1 Å². The van der Waals surface area contributed by atoms with Crippen molar-refractivity contribution in [2.75, 3.05) is 13.1 Å². The molecule has 1 aliphatic carbocycles. The topological polar surface area (TPSA) is 69.6 Å². The number of benzene rings is 1. The lowest BCUT2D eigenvalue weighted by atomic mass is 9.85. The fourth-order valence-electron chi connectivity index (χ4n) is 2.87. The minimum atomic E-state index is -0.796. The minimum Gasteiger partial charge on any atom is -0.480 e. The Morgan fingerprint density at radius 2 is 2.00 bits per heavy atom. The van der Waals surface area contributed by atoms with Gasteiger partial charge < -0.3 is 10.4 Å². The van der Waals surface area contributed by atoms with Crippen molar-refractivity contribution < 1.29 is 14.7 Å². The summed E-state index contributed by atoms with van der Waals surface area (Å²) in [7, 11) is 0. The number of carboxylic acids is 1. The minimum absolute atomic E-state index is 0.0701. The molecule has 2 rings (SSSR count). The predicted octanol–water partition coefficient (Wildman–Crippen LogP) is 2.36. The first-order chi connectivity index (χ1) is 11.5. The zero-order valence-electron chi connectivity index (χ0n) is 14.3. The second-order valence-electron chi connectivity index (χ2n) is 6.23. The van der Waals surface area contributed by atoms with E-state index in [1.807, 2.05) is 36.9 Å². The van der Waals surface area contributed by atoms with Crippen molar-refractivity contribution in [3.63, 3.8) is 0 Å². The normalized spacial score (nSPS) is 21.1. The summed E-state index contributed by atoms with van der Waals surface area (Å²) < 4.78 is 0. The van der Waals surface area contributed by atoms with Crippen LogP contribution < -0.4 is 5.32 Å². The summed E-state index contributed by atoms with van der Waals surface area (Å²) in [5.74, 6) is 0.0984. The Balaban J connectivity index is 1.69. The molecule has 1 atom stereocenters. The van der Waals surface area contributed by atoms with Crippen LogP contribution in [0, 0.1) is 0 Å². The van der Waals surface area contributed by atoms with Crippen molar-refractivity contribution in [3.8, 4) is 0 Å². The van der Waals surface area contributed by atoms with Gasteiger partial charge in [-0.05, 0) is 31.9 Å².